The molecule has 1 aliphatic heterocycles. The largest absolute Gasteiger partial charge is 0.491 e. The quantitative estimate of drug-likeness (QED) is 0.583. The Hall–Kier alpha value is -2.91. The average Bonchev–Trinajstić information content (AvgIpc) is 3.14. The molecule has 2 aliphatic rings. The number of hydrogen-bond donors (Lipinski definition) is 3. The molecule has 9 nitrogen and oxygen atoms in total. The Morgan fingerprint density at radius 1 is 1.30 bits per heavy atom. The molecule has 2 heterocycles. The van der Waals surface area contributed by atoms with Crippen molar-refractivity contribution in [1.29, 1.82) is 0 Å². The zero-order chi connectivity index (χ0) is 21.3. The number of nitrogens with zero attached hydrogens (tertiary/aromatic N) is 2. The molecule has 1 aromatic heterocycles. The van der Waals surface area contributed by atoms with E-state index in [2.05, 4.69) is 15.7 Å². The molecule has 4 rings (SSSR count). The van der Waals surface area contributed by atoms with Crippen LogP contribution in [0.5, 0.6) is 5.75 Å². The summed E-state index contributed by atoms with van der Waals surface area (Å²) in [5, 5.41) is 19.0. The molecule has 4 atom stereocenters. The van der Waals surface area contributed by atoms with Crippen molar-refractivity contribution in [2.24, 2.45) is 11.8 Å². The Kier molecular flexibility index (Phi) is 5.74. The first-order valence-electron chi connectivity index (χ1n) is 10.1. The van der Waals surface area contributed by atoms with Gasteiger partial charge in [0, 0.05) is 31.0 Å². The lowest BCUT2D eigenvalue weighted by Crippen LogP contribution is -2.32. The fourth-order valence-corrected chi connectivity index (χ4v) is 3.95. The van der Waals surface area contributed by atoms with Crippen LogP contribution in [0.25, 0.3) is 0 Å². The topological polar surface area (TPSA) is 115 Å². The first-order chi connectivity index (χ1) is 14.5. The van der Waals surface area contributed by atoms with Crippen LogP contribution in [0.1, 0.15) is 39.5 Å². The Morgan fingerprint density at radius 3 is 2.77 bits per heavy atom. The van der Waals surface area contributed by atoms with Crippen LogP contribution in [-0.4, -0.2) is 66.2 Å². The first kappa shape index (κ1) is 20.4. The fraction of sp³-hybridized carbons (Fsp3) is 0.476. The van der Waals surface area contributed by atoms with Crippen LogP contribution in [0.4, 0.5) is 0 Å². The van der Waals surface area contributed by atoms with Gasteiger partial charge in [0.25, 0.3) is 11.8 Å². The minimum atomic E-state index is -0.355. The molecule has 9 heteroatoms. The van der Waals surface area contributed by atoms with Gasteiger partial charge in [-0.15, -0.1) is 0 Å². The molecule has 0 radical (unpaired) electrons. The summed E-state index contributed by atoms with van der Waals surface area (Å²) in [6.45, 7) is 3.38. The third-order valence-electron chi connectivity index (χ3n) is 5.75. The predicted molar refractivity (Wildman–Crippen MR) is 108 cm³/mol. The second-order valence-electron chi connectivity index (χ2n) is 7.62. The van der Waals surface area contributed by atoms with Crippen molar-refractivity contribution in [2.75, 3.05) is 33.5 Å². The predicted octanol–water partition coefficient (Wildman–Crippen LogP) is 0.598. The van der Waals surface area contributed by atoms with Gasteiger partial charge in [-0.3, -0.25) is 14.3 Å². The van der Waals surface area contributed by atoms with Gasteiger partial charge in [-0.25, -0.2) is 0 Å². The van der Waals surface area contributed by atoms with Gasteiger partial charge in [0.1, 0.15) is 18.1 Å². The van der Waals surface area contributed by atoms with Crippen LogP contribution in [0.2, 0.25) is 0 Å². The molecule has 0 spiro atoms. The molecular weight excluding hydrogens is 388 g/mol. The zero-order valence-corrected chi connectivity index (χ0v) is 17.0. The van der Waals surface area contributed by atoms with Crippen LogP contribution in [0.15, 0.2) is 30.3 Å². The SMILES string of the molecule is CNC(=O)c1cc(C(=O)NC2[C@H]3COC[C@@H]23)n(C(C)c2cccc(OCCO)c2)n1. The van der Waals surface area contributed by atoms with Crippen LogP contribution < -0.4 is 15.4 Å². The lowest BCUT2D eigenvalue weighted by atomic mass is 10.1. The van der Waals surface area contributed by atoms with Gasteiger partial charge in [-0.2, -0.15) is 5.10 Å². The highest BCUT2D eigenvalue weighted by atomic mass is 16.5. The van der Waals surface area contributed by atoms with E-state index >= 15 is 0 Å². The molecule has 2 fully saturated rings. The Labute approximate surface area is 174 Å². The third-order valence-corrected chi connectivity index (χ3v) is 5.75. The molecule has 160 valence electrons. The number of benzene rings is 1. The molecule has 30 heavy (non-hydrogen) atoms. The summed E-state index contributed by atoms with van der Waals surface area (Å²) in [6, 6.07) is 8.70. The number of amides is 2. The van der Waals surface area contributed by atoms with E-state index in [1.807, 2.05) is 25.1 Å². The van der Waals surface area contributed by atoms with E-state index in [0.717, 1.165) is 5.56 Å². The molecule has 0 bridgehead atoms. The molecule has 1 saturated heterocycles. The molecule has 2 amide bonds. The van der Waals surface area contributed by atoms with Gasteiger partial charge in [-0.1, -0.05) is 12.1 Å². The highest BCUT2D eigenvalue weighted by Crippen LogP contribution is 2.44. The lowest BCUT2D eigenvalue weighted by Gasteiger charge is -2.17. The number of fused-ring (bicyclic) bond motifs is 1. The van der Waals surface area contributed by atoms with Crippen molar-refractivity contribution in [1.82, 2.24) is 20.4 Å². The van der Waals surface area contributed by atoms with E-state index in [0.29, 0.717) is 36.5 Å². The second-order valence-corrected chi connectivity index (χ2v) is 7.62. The van der Waals surface area contributed by atoms with Crippen LogP contribution in [0, 0.1) is 11.8 Å². The fourth-order valence-electron chi connectivity index (χ4n) is 3.95. The smallest absolute Gasteiger partial charge is 0.271 e. The van der Waals surface area contributed by atoms with Crippen molar-refractivity contribution in [3.8, 4) is 5.75 Å². The highest BCUT2D eigenvalue weighted by molar-refractivity contribution is 5.98. The summed E-state index contributed by atoms with van der Waals surface area (Å²) in [7, 11) is 1.53. The number of hydrogen-bond acceptors (Lipinski definition) is 6. The molecule has 2 aromatic rings. The molecule has 3 N–H and O–H groups in total. The second kappa shape index (κ2) is 8.45. The molecule has 1 aliphatic carbocycles. The van der Waals surface area contributed by atoms with E-state index < -0.39 is 0 Å². The average molecular weight is 414 g/mol. The zero-order valence-electron chi connectivity index (χ0n) is 17.0. The van der Waals surface area contributed by atoms with Gasteiger partial charge in [-0.05, 0) is 24.6 Å². The maximum absolute atomic E-state index is 13.0. The minimum absolute atomic E-state index is 0.0764. The summed E-state index contributed by atoms with van der Waals surface area (Å²) in [6.07, 6.45) is 0. The molecule has 2 unspecified atom stereocenters. The Balaban J connectivity index is 1.60. The number of ether oxygens (including phenoxy) is 2. The number of rotatable bonds is 8. The summed E-state index contributed by atoms with van der Waals surface area (Å²) >= 11 is 0. The van der Waals surface area contributed by atoms with Crippen molar-refractivity contribution in [3.05, 3.63) is 47.3 Å². The van der Waals surface area contributed by atoms with Gasteiger partial charge in [0.05, 0.1) is 25.9 Å². The van der Waals surface area contributed by atoms with E-state index in [9.17, 15) is 9.59 Å². The number of aliphatic hydroxyl groups is 1. The monoisotopic (exact) mass is 414 g/mol. The molecule has 1 saturated carbocycles. The van der Waals surface area contributed by atoms with Gasteiger partial charge in [0.2, 0.25) is 0 Å². The highest BCUT2D eigenvalue weighted by Gasteiger charge is 2.55. The van der Waals surface area contributed by atoms with E-state index in [1.54, 1.807) is 10.7 Å². The van der Waals surface area contributed by atoms with Gasteiger partial charge in [0.15, 0.2) is 5.69 Å². The minimum Gasteiger partial charge on any atom is -0.491 e. The number of carbonyl (C=O) groups is 2. The van der Waals surface area contributed by atoms with Crippen molar-refractivity contribution in [3.63, 3.8) is 0 Å². The normalized spacial score (nSPS) is 22.8. The summed E-state index contributed by atoms with van der Waals surface area (Å²) < 4.78 is 12.4. The maximum Gasteiger partial charge on any atom is 0.271 e. The number of nitrogens with one attached hydrogen (secondary N) is 2. The maximum atomic E-state index is 13.0. The van der Waals surface area contributed by atoms with Crippen molar-refractivity contribution < 1.29 is 24.2 Å². The third kappa shape index (κ3) is 3.90. The van der Waals surface area contributed by atoms with E-state index in [-0.39, 0.29) is 42.8 Å². The Morgan fingerprint density at radius 2 is 2.07 bits per heavy atom. The summed E-state index contributed by atoms with van der Waals surface area (Å²) in [4.78, 5) is 25.2. The van der Waals surface area contributed by atoms with Crippen LogP contribution in [0.3, 0.4) is 0 Å². The Bertz CT molecular complexity index is 933. The summed E-state index contributed by atoms with van der Waals surface area (Å²) in [5.74, 6) is 0.759. The van der Waals surface area contributed by atoms with E-state index in [4.69, 9.17) is 14.6 Å². The number of aliphatic hydroxyl groups excluding tert-OH is 1. The summed E-state index contributed by atoms with van der Waals surface area (Å²) in [5.41, 5.74) is 1.37. The van der Waals surface area contributed by atoms with Crippen LogP contribution >= 0.6 is 0 Å². The van der Waals surface area contributed by atoms with Crippen LogP contribution in [-0.2, 0) is 4.74 Å². The number of carbonyl (C=O) groups excluding carboxylic acids is 2. The molecule has 1 aromatic carbocycles. The van der Waals surface area contributed by atoms with Crippen molar-refractivity contribution in [2.45, 2.75) is 19.0 Å². The van der Waals surface area contributed by atoms with Crippen molar-refractivity contribution >= 4 is 11.8 Å². The molecular formula is C21H26N4O5. The van der Waals surface area contributed by atoms with E-state index in [1.165, 1.54) is 13.1 Å². The standard InChI is InChI=1S/C21H26N4O5/c1-12(13-4-3-5-14(8-13)30-7-6-26)25-18(9-17(24-25)20(27)22-2)21(28)23-19-15-10-29-11-16(15)19/h3-5,8-9,12,15-16,19,26H,6-7,10-11H2,1-2H3,(H,22,27)(H,23,28)/t12?,15-,16+,19?. The first-order valence-corrected chi connectivity index (χ1v) is 10.1. The number of aromatic nitrogens is 2. The van der Waals surface area contributed by atoms with Gasteiger partial charge >= 0.3 is 0 Å². The van der Waals surface area contributed by atoms with Gasteiger partial charge < -0.3 is 25.2 Å². The lowest BCUT2D eigenvalue weighted by molar-refractivity contribution is 0.0915.